The summed E-state index contributed by atoms with van der Waals surface area (Å²) in [6, 6.07) is 0. The molecule has 0 aromatic heterocycles. The van der Waals surface area contributed by atoms with Crippen molar-refractivity contribution in [1.29, 1.82) is 0 Å². The van der Waals surface area contributed by atoms with Crippen molar-refractivity contribution in [2.75, 3.05) is 13.1 Å². The molecule has 0 aromatic carbocycles. The number of carbonyl (C=O) groups is 1. The second-order valence-electron chi connectivity index (χ2n) is 3.69. The number of rotatable bonds is 2. The lowest BCUT2D eigenvalue weighted by Crippen LogP contribution is -2.36. The van der Waals surface area contributed by atoms with E-state index in [-0.39, 0.29) is 25.4 Å². The number of nitrogens with zero attached hydrogens (tertiary/aromatic N) is 1. The molecular weight excluding hydrogens is 231 g/mol. The van der Waals surface area contributed by atoms with Crippen molar-refractivity contribution >= 4 is 17.5 Å². The summed E-state index contributed by atoms with van der Waals surface area (Å²) in [4.78, 5) is 12.7. The van der Waals surface area contributed by atoms with E-state index in [2.05, 4.69) is 0 Å². The summed E-state index contributed by atoms with van der Waals surface area (Å²) in [6.45, 7) is 1.64. The minimum Gasteiger partial charge on any atom is -0.341 e. The van der Waals surface area contributed by atoms with Crippen molar-refractivity contribution in [1.82, 2.24) is 4.90 Å². The summed E-state index contributed by atoms with van der Waals surface area (Å²) < 4.78 is 36.9. The van der Waals surface area contributed by atoms with Gasteiger partial charge in [-0.15, -0.1) is 11.6 Å². The Morgan fingerprint density at radius 1 is 1.60 bits per heavy atom. The van der Waals surface area contributed by atoms with Crippen LogP contribution in [0.4, 0.5) is 13.2 Å². The Hall–Kier alpha value is -0.450. The number of hydrogen-bond acceptors (Lipinski definition) is 1. The maximum atomic E-state index is 12.3. The summed E-state index contributed by atoms with van der Waals surface area (Å²) in [7, 11) is 0. The van der Waals surface area contributed by atoms with E-state index in [9.17, 15) is 18.0 Å². The van der Waals surface area contributed by atoms with Crippen LogP contribution in [0.2, 0.25) is 0 Å². The molecule has 1 aliphatic heterocycles. The molecule has 1 aliphatic rings. The van der Waals surface area contributed by atoms with Gasteiger partial charge in [-0.05, 0) is 12.8 Å². The Bertz CT molecular complexity index is 244. The third-order valence-electron chi connectivity index (χ3n) is 2.59. The number of amides is 1. The molecule has 88 valence electrons. The first-order valence-corrected chi connectivity index (χ1v) is 5.29. The highest BCUT2D eigenvalue weighted by Crippen LogP contribution is 2.33. The van der Waals surface area contributed by atoms with Gasteiger partial charge < -0.3 is 4.90 Å². The van der Waals surface area contributed by atoms with Crippen molar-refractivity contribution in [3.8, 4) is 0 Å². The van der Waals surface area contributed by atoms with Crippen LogP contribution in [0, 0.1) is 5.92 Å². The molecule has 6 heteroatoms. The monoisotopic (exact) mass is 243 g/mol. The molecule has 0 N–H and O–H groups in total. The highest BCUT2D eigenvalue weighted by molar-refractivity contribution is 6.30. The predicted molar refractivity (Wildman–Crippen MR) is 50.7 cm³/mol. The highest BCUT2D eigenvalue weighted by Gasteiger charge is 2.45. The number of likely N-dealkylation sites (tertiary alicyclic amines) is 1. The summed E-state index contributed by atoms with van der Waals surface area (Å²) in [5.74, 6) is -1.77. The third kappa shape index (κ3) is 3.00. The lowest BCUT2D eigenvalue weighted by Gasteiger charge is -2.19. The molecule has 0 spiro atoms. The average Bonchev–Trinajstić information content (AvgIpc) is 2.63. The van der Waals surface area contributed by atoms with Crippen molar-refractivity contribution in [2.45, 2.75) is 31.3 Å². The fourth-order valence-electron chi connectivity index (χ4n) is 1.60. The van der Waals surface area contributed by atoms with E-state index in [1.807, 2.05) is 0 Å². The molecule has 15 heavy (non-hydrogen) atoms. The van der Waals surface area contributed by atoms with Crippen LogP contribution in [0.3, 0.4) is 0 Å². The number of hydrogen-bond donors (Lipinski definition) is 0. The lowest BCUT2D eigenvalue weighted by atomic mass is 10.1. The fraction of sp³-hybridized carbons (Fsp3) is 0.889. The molecule has 0 saturated carbocycles. The Morgan fingerprint density at radius 3 is 2.60 bits per heavy atom. The summed E-state index contributed by atoms with van der Waals surface area (Å²) in [6.07, 6.45) is -3.78. The van der Waals surface area contributed by atoms with Crippen LogP contribution in [-0.4, -0.2) is 35.4 Å². The molecule has 1 heterocycles. The minimum atomic E-state index is -4.21. The van der Waals surface area contributed by atoms with Gasteiger partial charge in [0.05, 0.1) is 5.92 Å². The van der Waals surface area contributed by atoms with Gasteiger partial charge in [-0.25, -0.2) is 0 Å². The topological polar surface area (TPSA) is 20.3 Å². The number of alkyl halides is 4. The van der Waals surface area contributed by atoms with Crippen LogP contribution >= 0.6 is 11.6 Å². The minimum absolute atomic E-state index is 0.0113. The van der Waals surface area contributed by atoms with Crippen LogP contribution in [-0.2, 0) is 4.79 Å². The van der Waals surface area contributed by atoms with Crippen LogP contribution in [0.25, 0.3) is 0 Å². The molecule has 0 bridgehead atoms. The van der Waals surface area contributed by atoms with Crippen LogP contribution in [0.1, 0.15) is 19.8 Å². The molecule has 0 aromatic rings. The van der Waals surface area contributed by atoms with Gasteiger partial charge in [-0.2, -0.15) is 13.2 Å². The van der Waals surface area contributed by atoms with Crippen molar-refractivity contribution in [3.63, 3.8) is 0 Å². The smallest absolute Gasteiger partial charge is 0.341 e. The summed E-state index contributed by atoms with van der Waals surface area (Å²) in [5.41, 5.74) is 0. The normalized spacial score (nSPS) is 24.3. The van der Waals surface area contributed by atoms with E-state index >= 15 is 0 Å². The van der Waals surface area contributed by atoms with E-state index in [0.29, 0.717) is 6.42 Å². The van der Waals surface area contributed by atoms with E-state index in [0.717, 1.165) is 0 Å². The SMILES string of the molecule is CC[C@@H](Cl)C(=O)N1CC[C@H](C(F)(F)F)C1. The number of halogens is 4. The second kappa shape index (κ2) is 4.60. The van der Waals surface area contributed by atoms with Gasteiger partial charge in [-0.3, -0.25) is 4.79 Å². The Balaban J connectivity index is 2.53. The quantitative estimate of drug-likeness (QED) is 0.682. The summed E-state index contributed by atoms with van der Waals surface area (Å²) in [5, 5.41) is -0.697. The van der Waals surface area contributed by atoms with Crippen LogP contribution < -0.4 is 0 Å². The van der Waals surface area contributed by atoms with E-state index in [1.54, 1.807) is 6.92 Å². The first-order chi connectivity index (χ1) is 6.86. The molecule has 2 atom stereocenters. The molecule has 0 unspecified atom stereocenters. The maximum absolute atomic E-state index is 12.3. The van der Waals surface area contributed by atoms with Crippen LogP contribution in [0.15, 0.2) is 0 Å². The molecule has 1 rings (SSSR count). The van der Waals surface area contributed by atoms with Gasteiger partial charge in [-0.1, -0.05) is 6.92 Å². The zero-order chi connectivity index (χ0) is 11.6. The van der Waals surface area contributed by atoms with Gasteiger partial charge in [0.1, 0.15) is 5.38 Å². The number of carbonyl (C=O) groups excluding carboxylic acids is 1. The van der Waals surface area contributed by atoms with Crippen LogP contribution in [0.5, 0.6) is 0 Å². The van der Waals surface area contributed by atoms with Gasteiger partial charge in [0.25, 0.3) is 0 Å². The zero-order valence-electron chi connectivity index (χ0n) is 8.35. The zero-order valence-corrected chi connectivity index (χ0v) is 9.11. The molecule has 0 radical (unpaired) electrons. The second-order valence-corrected chi connectivity index (χ2v) is 4.21. The molecule has 1 saturated heterocycles. The molecule has 0 aliphatic carbocycles. The predicted octanol–water partition coefficient (Wildman–Crippen LogP) is 2.41. The Labute approximate surface area is 91.4 Å². The molecule has 2 nitrogen and oxygen atoms in total. The Morgan fingerprint density at radius 2 is 2.20 bits per heavy atom. The van der Waals surface area contributed by atoms with Crippen molar-refractivity contribution in [2.24, 2.45) is 5.92 Å². The largest absolute Gasteiger partial charge is 0.393 e. The van der Waals surface area contributed by atoms with E-state index in [4.69, 9.17) is 11.6 Å². The average molecular weight is 244 g/mol. The maximum Gasteiger partial charge on any atom is 0.393 e. The van der Waals surface area contributed by atoms with Gasteiger partial charge in [0.2, 0.25) is 5.91 Å². The van der Waals surface area contributed by atoms with Gasteiger partial charge in [0.15, 0.2) is 0 Å². The van der Waals surface area contributed by atoms with E-state index < -0.39 is 17.5 Å². The van der Waals surface area contributed by atoms with Gasteiger partial charge >= 0.3 is 6.18 Å². The summed E-state index contributed by atoms with van der Waals surface area (Å²) >= 11 is 5.69. The third-order valence-corrected chi connectivity index (χ3v) is 3.08. The van der Waals surface area contributed by atoms with Crippen molar-refractivity contribution in [3.05, 3.63) is 0 Å². The molecule has 1 fully saturated rings. The fourth-order valence-corrected chi connectivity index (χ4v) is 1.74. The first kappa shape index (κ1) is 12.6. The highest BCUT2D eigenvalue weighted by atomic mass is 35.5. The lowest BCUT2D eigenvalue weighted by molar-refractivity contribution is -0.171. The first-order valence-electron chi connectivity index (χ1n) is 4.85. The van der Waals surface area contributed by atoms with Gasteiger partial charge in [0, 0.05) is 13.1 Å². The Kier molecular flexibility index (Phi) is 3.87. The van der Waals surface area contributed by atoms with E-state index in [1.165, 1.54) is 4.90 Å². The molecule has 1 amide bonds. The standard InChI is InChI=1S/C9H13ClF3NO/c1-2-7(10)8(15)14-4-3-6(5-14)9(11,12)13/h6-7H,2-5H2,1H3/t6-,7+/m0/s1. The van der Waals surface area contributed by atoms with Crippen molar-refractivity contribution < 1.29 is 18.0 Å². The molecular formula is C9H13ClF3NO.